The Morgan fingerprint density at radius 1 is 0.222 bits per heavy atom. The van der Waals surface area contributed by atoms with Crippen molar-refractivity contribution in [1.82, 2.24) is 0 Å². The lowest BCUT2D eigenvalue weighted by Gasteiger charge is -2.16. The molecule has 0 fully saturated rings. The van der Waals surface area contributed by atoms with Gasteiger partial charge in [-0.05, 0) is 81.2 Å². The molecule has 0 N–H and O–H groups in total. The maximum Gasteiger partial charge on any atom is 0.673 e. The van der Waals surface area contributed by atoms with Gasteiger partial charge >= 0.3 is 14.5 Å². The van der Waals surface area contributed by atoms with E-state index in [9.17, 15) is 34.5 Å². The molecule has 2 heterocycles. The molecular formula is C60H38B2F8N2. The molecule has 13 aromatic rings. The smallest absolute Gasteiger partial charge is 0.418 e. The number of hydrogen-bond acceptors (Lipinski definition) is 0. The van der Waals surface area contributed by atoms with Crippen LogP contribution in [0.3, 0.4) is 0 Å². The summed E-state index contributed by atoms with van der Waals surface area (Å²) in [5.74, 6) is 0. The predicted octanol–water partition coefficient (Wildman–Crippen LogP) is 17.4. The Bertz CT molecular complexity index is 3730. The molecule has 12 heteroatoms. The molecule has 0 aliphatic carbocycles. The van der Waals surface area contributed by atoms with E-state index in [1.807, 2.05) is 0 Å². The third-order valence-electron chi connectivity index (χ3n) is 13.1. The minimum absolute atomic E-state index is 1.11. The van der Waals surface area contributed by atoms with Crippen LogP contribution in [-0.2, 0) is 0 Å². The van der Waals surface area contributed by atoms with Crippen LogP contribution in [0, 0.1) is 0 Å². The van der Waals surface area contributed by atoms with Crippen molar-refractivity contribution in [1.29, 1.82) is 0 Å². The number of rotatable bonds is 4. The summed E-state index contributed by atoms with van der Waals surface area (Å²) in [5, 5.41) is 14.7. The molecule has 11 aromatic carbocycles. The van der Waals surface area contributed by atoms with Gasteiger partial charge < -0.3 is 34.5 Å². The molecule has 0 atom stereocenters. The third kappa shape index (κ3) is 8.59. The fraction of sp³-hybridized carbons (Fsp3) is 0. The van der Waals surface area contributed by atoms with Gasteiger partial charge in [0, 0.05) is 35.4 Å². The second kappa shape index (κ2) is 18.3. The van der Waals surface area contributed by atoms with Gasteiger partial charge in [0.05, 0.1) is 43.1 Å². The zero-order valence-electron chi connectivity index (χ0n) is 38.0. The van der Waals surface area contributed by atoms with Crippen LogP contribution in [0.1, 0.15) is 0 Å². The molecular weight excluding hydrogens is 922 g/mol. The van der Waals surface area contributed by atoms with E-state index in [0.717, 1.165) is 11.4 Å². The van der Waals surface area contributed by atoms with Gasteiger partial charge in [0.1, 0.15) is 0 Å². The first kappa shape index (κ1) is 45.8. The van der Waals surface area contributed by atoms with Crippen LogP contribution < -0.4 is 9.13 Å². The van der Waals surface area contributed by atoms with Crippen molar-refractivity contribution in [3.8, 4) is 33.6 Å². The van der Waals surface area contributed by atoms with Crippen LogP contribution >= 0.6 is 0 Å². The molecule has 0 amide bonds. The van der Waals surface area contributed by atoms with Crippen molar-refractivity contribution in [2.45, 2.75) is 0 Å². The van der Waals surface area contributed by atoms with Gasteiger partial charge in [-0.2, -0.15) is 9.13 Å². The second-order valence-corrected chi connectivity index (χ2v) is 17.4. The van der Waals surface area contributed by atoms with Gasteiger partial charge in [0.25, 0.3) is 0 Å². The highest BCUT2D eigenvalue weighted by Gasteiger charge is 2.30. The molecule has 0 bridgehead atoms. The standard InChI is InChI=1S/C60H38N2.2BF4/c1-3-19-43(20-4-1)55-51-35-27-39-15-7-11-23-47(39)57(51)61(58-48-24-12-8-16-40(48)28-36-52(55)58)45-31-33-46(34-32-45)62-59-49-25-13-9-17-41(49)29-37-53(59)56(44-21-5-2-6-22-44)54-38-30-42-18-10-14-26-50(42)60(54)62;2*2-1(3,4)5/h1-38H;;/q+2;2*-1. The predicted molar refractivity (Wildman–Crippen MR) is 281 cm³/mol. The molecule has 350 valence electrons. The summed E-state index contributed by atoms with van der Waals surface area (Å²) in [6.07, 6.45) is 0. The molecule has 0 spiro atoms. The summed E-state index contributed by atoms with van der Waals surface area (Å²) in [7, 11) is -12.0. The van der Waals surface area contributed by atoms with E-state index < -0.39 is 14.5 Å². The molecule has 2 aromatic heterocycles. The average Bonchev–Trinajstić information content (AvgIpc) is 3.38. The van der Waals surface area contributed by atoms with Gasteiger partial charge in [0.2, 0.25) is 33.4 Å². The van der Waals surface area contributed by atoms with Crippen molar-refractivity contribution < 1.29 is 43.7 Å². The summed E-state index contributed by atoms with van der Waals surface area (Å²) in [6, 6.07) is 85.0. The van der Waals surface area contributed by atoms with Crippen LogP contribution in [0.4, 0.5) is 34.5 Å². The van der Waals surface area contributed by atoms with E-state index in [1.54, 1.807) is 0 Å². The van der Waals surface area contributed by atoms with Gasteiger partial charge in [-0.15, -0.1) is 0 Å². The highest BCUT2D eigenvalue weighted by Crippen LogP contribution is 2.42. The zero-order valence-corrected chi connectivity index (χ0v) is 38.0. The Morgan fingerprint density at radius 2 is 0.444 bits per heavy atom. The van der Waals surface area contributed by atoms with Crippen LogP contribution in [0.25, 0.3) is 120 Å². The minimum atomic E-state index is -6.00. The first-order chi connectivity index (χ1) is 34.8. The van der Waals surface area contributed by atoms with Gasteiger partial charge in [-0.1, -0.05) is 158 Å². The topological polar surface area (TPSA) is 7.76 Å². The summed E-state index contributed by atoms with van der Waals surface area (Å²) in [4.78, 5) is 0. The second-order valence-electron chi connectivity index (χ2n) is 17.4. The van der Waals surface area contributed by atoms with Crippen LogP contribution in [0.5, 0.6) is 0 Å². The normalized spacial score (nSPS) is 11.9. The van der Waals surface area contributed by atoms with Gasteiger partial charge in [-0.25, -0.2) is 0 Å². The summed E-state index contributed by atoms with van der Waals surface area (Å²) in [6.45, 7) is 0. The molecule has 13 rings (SSSR count). The highest BCUT2D eigenvalue weighted by molar-refractivity contribution is 6.50. The van der Waals surface area contributed by atoms with Crippen molar-refractivity contribution >= 4 is 101 Å². The van der Waals surface area contributed by atoms with E-state index in [4.69, 9.17) is 0 Å². The monoisotopic (exact) mass is 960 g/mol. The fourth-order valence-electron chi connectivity index (χ4n) is 10.4. The molecule has 0 aliphatic rings. The summed E-state index contributed by atoms with van der Waals surface area (Å²) >= 11 is 0. The first-order valence-electron chi connectivity index (χ1n) is 23.2. The van der Waals surface area contributed by atoms with E-state index in [1.165, 1.54) is 109 Å². The van der Waals surface area contributed by atoms with Crippen molar-refractivity contribution in [2.24, 2.45) is 0 Å². The van der Waals surface area contributed by atoms with Crippen LogP contribution in [0.15, 0.2) is 231 Å². The lowest BCUT2D eigenvalue weighted by molar-refractivity contribution is -0.540. The van der Waals surface area contributed by atoms with Crippen molar-refractivity contribution in [3.63, 3.8) is 0 Å². The third-order valence-corrected chi connectivity index (χ3v) is 13.1. The fourth-order valence-corrected chi connectivity index (χ4v) is 10.4. The number of hydrogen-bond donors (Lipinski definition) is 0. The summed E-state index contributed by atoms with van der Waals surface area (Å²) < 4.78 is 83.1. The number of halogens is 8. The molecule has 0 radical (unpaired) electrons. The Kier molecular flexibility index (Phi) is 11.6. The largest absolute Gasteiger partial charge is 0.673 e. The Hall–Kier alpha value is -8.63. The van der Waals surface area contributed by atoms with E-state index in [2.05, 4.69) is 240 Å². The molecule has 0 saturated heterocycles. The first-order valence-corrected chi connectivity index (χ1v) is 23.2. The Morgan fingerprint density at radius 3 is 0.694 bits per heavy atom. The molecule has 2 nitrogen and oxygen atoms in total. The average molecular weight is 961 g/mol. The van der Waals surface area contributed by atoms with Gasteiger partial charge in [0.15, 0.2) is 0 Å². The SMILES string of the molecule is F[B-](F)(F)F.F[B-](F)(F)F.c1ccc(-c2c3ccc4ccccc4c3[n+](-c3ccc(-[n+]4c5c(ccc6ccccc65)c(-c5ccccc5)c5ccc6ccccc6c54)cc3)c3c2ccc2ccccc23)cc1. The molecule has 0 saturated carbocycles. The molecule has 0 aliphatic heterocycles. The lowest BCUT2D eigenvalue weighted by atomic mass is 9.91. The maximum absolute atomic E-state index is 9.75. The van der Waals surface area contributed by atoms with E-state index in [-0.39, 0.29) is 0 Å². The Balaban J connectivity index is 0.000000514. The zero-order chi connectivity index (χ0) is 49.7. The Labute approximate surface area is 407 Å². The van der Waals surface area contributed by atoms with Crippen LogP contribution in [0.2, 0.25) is 0 Å². The number of nitrogens with zero attached hydrogens (tertiary/aromatic N) is 2. The minimum Gasteiger partial charge on any atom is -0.418 e. The lowest BCUT2D eigenvalue weighted by Crippen LogP contribution is -2.36. The maximum atomic E-state index is 9.75. The quantitative estimate of drug-likeness (QED) is 0.0546. The van der Waals surface area contributed by atoms with Crippen molar-refractivity contribution in [2.75, 3.05) is 0 Å². The van der Waals surface area contributed by atoms with Gasteiger partial charge in [-0.3, -0.25) is 0 Å². The van der Waals surface area contributed by atoms with Crippen molar-refractivity contribution in [3.05, 3.63) is 231 Å². The van der Waals surface area contributed by atoms with E-state index >= 15 is 0 Å². The number of pyridine rings is 2. The number of benzene rings is 11. The highest BCUT2D eigenvalue weighted by atomic mass is 19.5. The molecule has 72 heavy (non-hydrogen) atoms. The summed E-state index contributed by atoms with van der Waals surface area (Å²) in [5.41, 5.74) is 12.0. The van der Waals surface area contributed by atoms with Crippen LogP contribution in [-0.4, -0.2) is 14.5 Å². The number of aromatic nitrogens is 2. The van der Waals surface area contributed by atoms with E-state index in [0.29, 0.717) is 0 Å². The molecule has 0 unspecified atom stereocenters. The number of fused-ring (bicyclic) bond motifs is 12.